The normalized spacial score (nSPS) is 16.9. The van der Waals surface area contributed by atoms with Crippen molar-refractivity contribution in [3.63, 3.8) is 0 Å². The Bertz CT molecular complexity index is 1390. The van der Waals surface area contributed by atoms with Crippen molar-refractivity contribution >= 4 is 28.9 Å². The molecule has 192 valence electrons. The van der Waals surface area contributed by atoms with Gasteiger partial charge in [0.2, 0.25) is 5.91 Å². The highest BCUT2D eigenvalue weighted by Gasteiger charge is 2.35. The van der Waals surface area contributed by atoms with Gasteiger partial charge in [0.1, 0.15) is 5.92 Å². The van der Waals surface area contributed by atoms with Crippen LogP contribution in [0.15, 0.2) is 77.8 Å². The van der Waals surface area contributed by atoms with Crippen molar-refractivity contribution in [1.82, 2.24) is 10.2 Å². The summed E-state index contributed by atoms with van der Waals surface area (Å²) in [5.74, 6) is 4.53. The van der Waals surface area contributed by atoms with Gasteiger partial charge >= 0.3 is 0 Å². The minimum atomic E-state index is -0.550. The predicted molar refractivity (Wildman–Crippen MR) is 152 cm³/mol. The number of hydrogen-bond donors (Lipinski definition) is 2. The molecule has 5 rings (SSSR count). The van der Waals surface area contributed by atoms with Gasteiger partial charge in [0, 0.05) is 30.3 Å². The minimum Gasteiger partial charge on any atom is -0.345 e. The molecule has 6 heteroatoms. The minimum absolute atomic E-state index is 0.126. The first-order chi connectivity index (χ1) is 18.6. The lowest BCUT2D eigenvalue weighted by atomic mass is 9.90. The van der Waals surface area contributed by atoms with E-state index in [-0.39, 0.29) is 11.8 Å². The molecule has 0 bridgehead atoms. The molecule has 0 radical (unpaired) electrons. The molecule has 0 saturated carbocycles. The van der Waals surface area contributed by atoms with E-state index in [9.17, 15) is 9.59 Å². The van der Waals surface area contributed by atoms with Gasteiger partial charge in [-0.15, -0.1) is 0 Å². The lowest BCUT2D eigenvalue weighted by Crippen LogP contribution is -2.22. The third-order valence-electron chi connectivity index (χ3n) is 6.87. The maximum absolute atomic E-state index is 13.3. The van der Waals surface area contributed by atoms with Crippen LogP contribution in [0.2, 0.25) is 0 Å². The second-order valence-corrected chi connectivity index (χ2v) is 9.74. The van der Waals surface area contributed by atoms with Crippen molar-refractivity contribution in [2.24, 2.45) is 4.99 Å². The summed E-state index contributed by atoms with van der Waals surface area (Å²) < 4.78 is 0. The first-order valence-corrected chi connectivity index (χ1v) is 13.3. The molecule has 2 amide bonds. The molecule has 2 N–H and O–H groups in total. The van der Waals surface area contributed by atoms with Crippen molar-refractivity contribution < 1.29 is 9.59 Å². The zero-order valence-corrected chi connectivity index (χ0v) is 21.7. The Balaban J connectivity index is 1.43. The van der Waals surface area contributed by atoms with Crippen LogP contribution in [0.5, 0.6) is 0 Å². The van der Waals surface area contributed by atoms with E-state index in [0.717, 1.165) is 42.9 Å². The Morgan fingerprint density at radius 1 is 1.05 bits per heavy atom. The Hall–Kier alpha value is -4.21. The van der Waals surface area contributed by atoms with Crippen molar-refractivity contribution in [3.05, 3.63) is 95.1 Å². The molecule has 1 fully saturated rings. The number of nitrogens with one attached hydrogen (secondary N) is 2. The van der Waals surface area contributed by atoms with Crippen LogP contribution in [0.1, 0.15) is 54.4 Å². The molecule has 2 heterocycles. The predicted octanol–water partition coefficient (Wildman–Crippen LogP) is 5.02. The number of carbonyl (C=O) groups excluding carboxylic acids is 2. The van der Waals surface area contributed by atoms with Crippen LogP contribution in [0.25, 0.3) is 0 Å². The van der Waals surface area contributed by atoms with Crippen molar-refractivity contribution in [2.45, 2.75) is 38.6 Å². The zero-order valence-electron chi connectivity index (χ0n) is 21.7. The second-order valence-electron chi connectivity index (χ2n) is 9.74. The van der Waals surface area contributed by atoms with Crippen molar-refractivity contribution in [1.29, 1.82) is 0 Å². The van der Waals surface area contributed by atoms with E-state index in [4.69, 9.17) is 4.99 Å². The van der Waals surface area contributed by atoms with Gasteiger partial charge in [0.15, 0.2) is 0 Å². The molecule has 3 aromatic carbocycles. The first-order valence-electron chi connectivity index (χ1n) is 13.3. The number of benzene rings is 3. The Morgan fingerprint density at radius 3 is 2.55 bits per heavy atom. The van der Waals surface area contributed by atoms with Crippen LogP contribution in [-0.2, 0) is 16.1 Å². The Morgan fingerprint density at radius 2 is 1.82 bits per heavy atom. The third-order valence-corrected chi connectivity index (χ3v) is 6.87. The molecule has 38 heavy (non-hydrogen) atoms. The van der Waals surface area contributed by atoms with Crippen molar-refractivity contribution in [2.75, 3.05) is 25.0 Å². The van der Waals surface area contributed by atoms with Gasteiger partial charge in [0.05, 0.1) is 11.4 Å². The van der Waals surface area contributed by atoms with Gasteiger partial charge in [-0.1, -0.05) is 61.4 Å². The fourth-order valence-electron chi connectivity index (χ4n) is 4.94. The summed E-state index contributed by atoms with van der Waals surface area (Å²) in [6.07, 6.45) is 3.40. The molecule has 1 saturated heterocycles. The largest absolute Gasteiger partial charge is 0.345 e. The quantitative estimate of drug-likeness (QED) is 0.351. The number of carbonyl (C=O) groups is 2. The first kappa shape index (κ1) is 25.4. The molecule has 0 aliphatic carbocycles. The van der Waals surface area contributed by atoms with E-state index in [2.05, 4.69) is 39.5 Å². The van der Waals surface area contributed by atoms with Gasteiger partial charge in [-0.05, 0) is 73.3 Å². The number of aliphatic imine (C=N–C) groups is 1. The van der Waals surface area contributed by atoms with Gasteiger partial charge in [0.25, 0.3) is 5.91 Å². The summed E-state index contributed by atoms with van der Waals surface area (Å²) >= 11 is 0. The monoisotopic (exact) mass is 504 g/mol. The number of fused-ring (bicyclic) bond motifs is 1. The average Bonchev–Trinajstić information content (AvgIpc) is 3.57. The highest BCUT2D eigenvalue weighted by molar-refractivity contribution is 6.24. The molecule has 6 nitrogen and oxygen atoms in total. The third kappa shape index (κ3) is 6.01. The molecule has 0 spiro atoms. The van der Waals surface area contributed by atoms with E-state index in [0.29, 0.717) is 23.5 Å². The summed E-state index contributed by atoms with van der Waals surface area (Å²) in [5, 5.41) is 5.75. The molecular formula is C32H32N4O2. The van der Waals surface area contributed by atoms with Crippen LogP contribution in [0, 0.1) is 11.8 Å². The molecule has 2 aliphatic heterocycles. The molecule has 0 aromatic heterocycles. The maximum Gasteiger partial charge on any atom is 0.296 e. The topological polar surface area (TPSA) is 73.8 Å². The number of nitrogens with zero attached hydrogens (tertiary/aromatic N) is 2. The molecule has 1 atom stereocenters. The summed E-state index contributed by atoms with van der Waals surface area (Å²) in [6.45, 7) is 5.86. The van der Waals surface area contributed by atoms with E-state index in [1.165, 1.54) is 18.4 Å². The lowest BCUT2D eigenvalue weighted by Gasteiger charge is -2.15. The summed E-state index contributed by atoms with van der Waals surface area (Å²) in [6, 6.07) is 23.7. The summed E-state index contributed by atoms with van der Waals surface area (Å²) in [7, 11) is 0. The smallest absolute Gasteiger partial charge is 0.296 e. The number of rotatable bonds is 7. The van der Waals surface area contributed by atoms with E-state index < -0.39 is 5.92 Å². The summed E-state index contributed by atoms with van der Waals surface area (Å²) in [4.78, 5) is 32.6. The zero-order chi connectivity index (χ0) is 26.3. The van der Waals surface area contributed by atoms with E-state index in [1.807, 2.05) is 67.6 Å². The average molecular weight is 505 g/mol. The molecule has 3 aromatic rings. The number of likely N-dealkylation sites (tertiary alicyclic amines) is 1. The molecular weight excluding hydrogens is 472 g/mol. The van der Waals surface area contributed by atoms with Crippen molar-refractivity contribution in [3.8, 4) is 11.8 Å². The molecule has 2 aliphatic rings. The Kier molecular flexibility index (Phi) is 7.96. The number of anilines is 1. The number of hydrogen-bond acceptors (Lipinski definition) is 4. The van der Waals surface area contributed by atoms with E-state index >= 15 is 0 Å². The second kappa shape index (κ2) is 11.9. The lowest BCUT2D eigenvalue weighted by molar-refractivity contribution is -0.116. The summed E-state index contributed by atoms with van der Waals surface area (Å²) in [5.41, 5.74) is 5.91. The highest BCUT2D eigenvalue weighted by atomic mass is 16.2. The van der Waals surface area contributed by atoms with Crippen LogP contribution < -0.4 is 10.6 Å². The van der Waals surface area contributed by atoms with Gasteiger partial charge in [-0.2, -0.15) is 0 Å². The highest BCUT2D eigenvalue weighted by Crippen LogP contribution is 2.37. The standard InChI is InChI=1S/C32H32N4O2/c1-2-18-33-29(37)17-13-23-12-16-27-28(21-23)35-32(38)30(27)31(25-8-4-3-5-9-25)34-26-14-10-24(11-15-26)22-36-19-6-7-20-36/h3-5,8-12,14-16,21,30H,2,6-7,18-20,22H2,1H3,(H,33,37)(H,35,38). The fraction of sp³-hybridized carbons (Fsp3) is 0.281. The van der Waals surface area contributed by atoms with E-state index in [1.54, 1.807) is 0 Å². The Labute approximate surface area is 224 Å². The maximum atomic E-state index is 13.3. The van der Waals surface area contributed by atoms with Gasteiger partial charge in [-0.3, -0.25) is 19.5 Å². The van der Waals surface area contributed by atoms with Crippen LogP contribution in [0.4, 0.5) is 11.4 Å². The number of amides is 2. The fourth-order valence-corrected chi connectivity index (χ4v) is 4.94. The molecule has 1 unspecified atom stereocenters. The van der Waals surface area contributed by atoms with Crippen LogP contribution >= 0.6 is 0 Å². The SMILES string of the molecule is CCCNC(=O)C#Cc1ccc2c(c1)NC(=O)C2C(=Nc1ccc(CN2CCCC2)cc1)c1ccccc1. The van der Waals surface area contributed by atoms with Crippen LogP contribution in [-0.4, -0.2) is 42.1 Å². The van der Waals surface area contributed by atoms with Crippen LogP contribution in [0.3, 0.4) is 0 Å². The van der Waals surface area contributed by atoms with Gasteiger partial charge < -0.3 is 10.6 Å². The van der Waals surface area contributed by atoms with Gasteiger partial charge in [-0.25, -0.2) is 0 Å².